The first-order valence-electron chi connectivity index (χ1n) is 7.36. The zero-order valence-electron chi connectivity index (χ0n) is 12.5. The van der Waals surface area contributed by atoms with Crippen LogP contribution in [-0.4, -0.2) is 14.8 Å². The number of rotatable bonds is 3. The molecule has 24 heavy (non-hydrogen) atoms. The number of hydrogen-bond acceptors (Lipinski definition) is 4. The Hall–Kier alpha value is -3.28. The van der Waals surface area contributed by atoms with Crippen LogP contribution in [0, 0.1) is 5.82 Å². The lowest BCUT2D eigenvalue weighted by Crippen LogP contribution is -2.02. The van der Waals surface area contributed by atoms with E-state index < -0.39 is 0 Å². The van der Waals surface area contributed by atoms with E-state index in [9.17, 15) is 9.18 Å². The summed E-state index contributed by atoms with van der Waals surface area (Å²) in [6.45, 7) is 0.449. The molecule has 0 N–H and O–H groups in total. The molecular weight excluding hydrogens is 309 g/mol. The van der Waals surface area contributed by atoms with Crippen molar-refractivity contribution in [2.24, 2.45) is 0 Å². The maximum atomic E-state index is 12.9. The van der Waals surface area contributed by atoms with Crippen molar-refractivity contribution in [3.8, 4) is 11.6 Å². The molecule has 4 rings (SSSR count). The highest BCUT2D eigenvalue weighted by Crippen LogP contribution is 2.18. The van der Waals surface area contributed by atoms with Crippen LogP contribution in [0.5, 0.6) is 0 Å². The fourth-order valence-corrected chi connectivity index (χ4v) is 2.47. The number of fused-ring (bicyclic) bond motifs is 1. The molecule has 6 heteroatoms. The Bertz CT molecular complexity index is 1070. The average Bonchev–Trinajstić information content (AvgIpc) is 3.05. The molecule has 0 saturated carbocycles. The minimum absolute atomic E-state index is 0.137. The van der Waals surface area contributed by atoms with Gasteiger partial charge in [0.1, 0.15) is 17.7 Å². The zero-order chi connectivity index (χ0) is 16.5. The first-order valence-corrected chi connectivity index (χ1v) is 7.36. The molecule has 0 bridgehead atoms. The number of halogens is 1. The molecule has 2 aromatic heterocycles. The molecule has 5 nitrogen and oxygen atoms in total. The molecule has 0 spiro atoms. The molecule has 0 unspecified atom stereocenters. The van der Waals surface area contributed by atoms with Gasteiger partial charge in [-0.25, -0.2) is 14.1 Å². The summed E-state index contributed by atoms with van der Waals surface area (Å²) >= 11 is 0. The molecule has 4 aromatic rings. The van der Waals surface area contributed by atoms with Crippen LogP contribution in [-0.2, 0) is 6.54 Å². The van der Waals surface area contributed by atoms with Crippen LogP contribution in [0.2, 0.25) is 0 Å². The van der Waals surface area contributed by atoms with Gasteiger partial charge in [0.15, 0.2) is 11.2 Å². The highest BCUT2D eigenvalue weighted by Gasteiger charge is 2.11. The Morgan fingerprint density at radius 3 is 2.71 bits per heavy atom. The van der Waals surface area contributed by atoms with Crippen LogP contribution < -0.4 is 5.43 Å². The fraction of sp³-hybridized carbons (Fsp3) is 0.0556. The van der Waals surface area contributed by atoms with Gasteiger partial charge in [-0.2, -0.15) is 0 Å². The molecule has 2 aromatic carbocycles. The first-order chi connectivity index (χ1) is 11.7. The summed E-state index contributed by atoms with van der Waals surface area (Å²) < 4.78 is 20.3. The number of nitrogens with zero attached hydrogens (tertiary/aromatic N) is 3. The molecule has 0 saturated heterocycles. The summed E-state index contributed by atoms with van der Waals surface area (Å²) in [5.74, 6) is 0.368. The topological polar surface area (TPSA) is 60.9 Å². The summed E-state index contributed by atoms with van der Waals surface area (Å²) in [6, 6.07) is 14.6. The van der Waals surface area contributed by atoms with Gasteiger partial charge in [-0.1, -0.05) is 24.3 Å². The Labute approximate surface area is 136 Å². The standard InChI is InChI=1S/C18H12FN3O2/c19-13-7-5-12(6-8-13)10-22-11-20-18(21-22)17-9-15(23)14-3-1-2-4-16(14)24-17/h1-9,11H,10H2. The maximum Gasteiger partial charge on any atom is 0.217 e. The smallest absolute Gasteiger partial charge is 0.217 e. The molecule has 0 radical (unpaired) electrons. The van der Waals surface area contributed by atoms with Gasteiger partial charge in [0.25, 0.3) is 0 Å². The van der Waals surface area contributed by atoms with E-state index in [4.69, 9.17) is 4.42 Å². The molecule has 0 amide bonds. The van der Waals surface area contributed by atoms with E-state index >= 15 is 0 Å². The molecule has 0 aliphatic carbocycles. The SMILES string of the molecule is O=c1cc(-c2ncn(Cc3ccc(F)cc3)n2)oc2ccccc12. The second-order valence-corrected chi connectivity index (χ2v) is 5.36. The van der Waals surface area contributed by atoms with Crippen LogP contribution in [0.25, 0.3) is 22.6 Å². The van der Waals surface area contributed by atoms with Gasteiger partial charge in [-0.15, -0.1) is 5.10 Å². The average molecular weight is 321 g/mol. The van der Waals surface area contributed by atoms with E-state index in [0.29, 0.717) is 29.1 Å². The van der Waals surface area contributed by atoms with Crippen molar-refractivity contribution in [3.05, 3.63) is 82.5 Å². The summed E-state index contributed by atoms with van der Waals surface area (Å²) in [6.07, 6.45) is 1.55. The number of para-hydroxylation sites is 1. The normalized spacial score (nSPS) is 11.0. The van der Waals surface area contributed by atoms with Crippen molar-refractivity contribution >= 4 is 11.0 Å². The van der Waals surface area contributed by atoms with Crippen LogP contribution in [0.15, 0.2) is 70.1 Å². The maximum absolute atomic E-state index is 12.9. The van der Waals surface area contributed by atoms with Gasteiger partial charge in [-0.3, -0.25) is 4.79 Å². The van der Waals surface area contributed by atoms with Gasteiger partial charge >= 0.3 is 0 Å². The van der Waals surface area contributed by atoms with Gasteiger partial charge in [0, 0.05) is 6.07 Å². The van der Waals surface area contributed by atoms with Crippen molar-refractivity contribution < 1.29 is 8.81 Å². The summed E-state index contributed by atoms with van der Waals surface area (Å²) in [4.78, 5) is 16.3. The Morgan fingerprint density at radius 1 is 1.08 bits per heavy atom. The van der Waals surface area contributed by atoms with E-state index in [1.165, 1.54) is 18.2 Å². The van der Waals surface area contributed by atoms with Crippen molar-refractivity contribution in [1.82, 2.24) is 14.8 Å². The van der Waals surface area contributed by atoms with E-state index in [0.717, 1.165) is 5.56 Å². The van der Waals surface area contributed by atoms with Crippen LogP contribution in [0.4, 0.5) is 4.39 Å². The molecule has 118 valence electrons. The van der Waals surface area contributed by atoms with E-state index in [1.54, 1.807) is 47.4 Å². The van der Waals surface area contributed by atoms with Crippen molar-refractivity contribution in [2.45, 2.75) is 6.54 Å². The zero-order valence-corrected chi connectivity index (χ0v) is 12.5. The summed E-state index contributed by atoms with van der Waals surface area (Å²) in [7, 11) is 0. The number of aromatic nitrogens is 3. The van der Waals surface area contributed by atoms with Crippen molar-refractivity contribution in [2.75, 3.05) is 0 Å². The minimum Gasteiger partial charge on any atom is -0.452 e. The summed E-state index contributed by atoms with van der Waals surface area (Å²) in [5.41, 5.74) is 1.25. The van der Waals surface area contributed by atoms with Crippen molar-refractivity contribution in [1.29, 1.82) is 0 Å². The third-order valence-corrected chi connectivity index (χ3v) is 3.65. The third-order valence-electron chi connectivity index (χ3n) is 3.65. The largest absolute Gasteiger partial charge is 0.452 e. The lowest BCUT2D eigenvalue weighted by atomic mass is 10.2. The monoisotopic (exact) mass is 321 g/mol. The number of hydrogen-bond donors (Lipinski definition) is 0. The lowest BCUT2D eigenvalue weighted by molar-refractivity contribution is 0.607. The summed E-state index contributed by atoms with van der Waals surface area (Å²) in [5, 5.41) is 4.85. The van der Waals surface area contributed by atoms with Crippen LogP contribution >= 0.6 is 0 Å². The van der Waals surface area contributed by atoms with E-state index in [-0.39, 0.29) is 11.2 Å². The highest BCUT2D eigenvalue weighted by molar-refractivity contribution is 5.77. The lowest BCUT2D eigenvalue weighted by Gasteiger charge is -2.01. The molecular formula is C18H12FN3O2. The predicted molar refractivity (Wildman–Crippen MR) is 87.0 cm³/mol. The van der Waals surface area contributed by atoms with Gasteiger partial charge in [-0.05, 0) is 29.8 Å². The molecule has 0 aliphatic heterocycles. The molecule has 2 heterocycles. The van der Waals surface area contributed by atoms with Crippen LogP contribution in [0.1, 0.15) is 5.56 Å². The first kappa shape index (κ1) is 14.3. The minimum atomic E-state index is -0.282. The second-order valence-electron chi connectivity index (χ2n) is 5.36. The third kappa shape index (κ3) is 2.69. The van der Waals surface area contributed by atoms with Crippen LogP contribution in [0.3, 0.4) is 0 Å². The van der Waals surface area contributed by atoms with Gasteiger partial charge in [0.05, 0.1) is 11.9 Å². The quantitative estimate of drug-likeness (QED) is 0.581. The van der Waals surface area contributed by atoms with Gasteiger partial charge in [0.2, 0.25) is 5.82 Å². The highest BCUT2D eigenvalue weighted by atomic mass is 19.1. The van der Waals surface area contributed by atoms with Crippen molar-refractivity contribution in [3.63, 3.8) is 0 Å². The predicted octanol–water partition coefficient (Wildman–Crippen LogP) is 3.24. The Morgan fingerprint density at radius 2 is 1.88 bits per heavy atom. The number of benzene rings is 2. The Balaban J connectivity index is 1.67. The molecule has 0 atom stereocenters. The van der Waals surface area contributed by atoms with E-state index in [2.05, 4.69) is 10.1 Å². The van der Waals surface area contributed by atoms with Gasteiger partial charge < -0.3 is 4.42 Å². The fourth-order valence-electron chi connectivity index (χ4n) is 2.47. The van der Waals surface area contributed by atoms with E-state index in [1.807, 2.05) is 0 Å². The molecule has 0 aliphatic rings. The second kappa shape index (κ2) is 5.73. The Kier molecular flexibility index (Phi) is 3.42. The molecule has 0 fully saturated rings.